The van der Waals surface area contributed by atoms with Gasteiger partial charge in [-0.05, 0) is 18.6 Å². The van der Waals surface area contributed by atoms with Crippen molar-refractivity contribution in [3.8, 4) is 0 Å². The van der Waals surface area contributed by atoms with Crippen molar-refractivity contribution in [2.45, 2.75) is 19.8 Å². The van der Waals surface area contributed by atoms with Crippen LogP contribution in [-0.2, 0) is 12.8 Å². The summed E-state index contributed by atoms with van der Waals surface area (Å²) in [7, 11) is 1.79. The maximum absolute atomic E-state index is 12.1. The van der Waals surface area contributed by atoms with E-state index in [1.165, 1.54) is 6.33 Å². The zero-order valence-corrected chi connectivity index (χ0v) is 11.6. The molecule has 0 atom stereocenters. The Kier molecular flexibility index (Phi) is 4.65. The van der Waals surface area contributed by atoms with E-state index in [9.17, 15) is 4.79 Å². The average molecular weight is 274 g/mol. The lowest BCUT2D eigenvalue weighted by Gasteiger charge is -2.08. The Hall–Kier alpha value is -2.44. The van der Waals surface area contributed by atoms with Gasteiger partial charge in [0.1, 0.15) is 18.0 Å². The number of aromatic nitrogens is 4. The van der Waals surface area contributed by atoms with Gasteiger partial charge in [-0.15, -0.1) is 0 Å². The van der Waals surface area contributed by atoms with Crippen LogP contribution in [0.3, 0.4) is 0 Å². The lowest BCUT2D eigenvalue weighted by atomic mass is 10.2. The van der Waals surface area contributed by atoms with Crippen LogP contribution in [0, 0.1) is 0 Å². The van der Waals surface area contributed by atoms with Crippen LogP contribution in [0.2, 0.25) is 0 Å². The van der Waals surface area contributed by atoms with Gasteiger partial charge in [-0.25, -0.2) is 9.97 Å². The molecule has 0 bridgehead atoms. The topological polar surface area (TPSA) is 95.6 Å². The fourth-order valence-electron chi connectivity index (χ4n) is 1.78. The lowest BCUT2D eigenvalue weighted by molar-refractivity contribution is 0.0954. The van der Waals surface area contributed by atoms with Gasteiger partial charge in [-0.1, -0.05) is 6.92 Å². The number of aromatic amines is 1. The minimum Gasteiger partial charge on any atom is -0.373 e. The molecular weight excluding hydrogens is 256 g/mol. The van der Waals surface area contributed by atoms with Crippen LogP contribution in [0.25, 0.3) is 0 Å². The number of carbonyl (C=O) groups excluding carboxylic acids is 1. The van der Waals surface area contributed by atoms with E-state index in [0.717, 1.165) is 17.9 Å². The van der Waals surface area contributed by atoms with Crippen molar-refractivity contribution < 1.29 is 4.79 Å². The average Bonchev–Trinajstić information content (AvgIpc) is 2.99. The predicted molar refractivity (Wildman–Crippen MR) is 75.6 cm³/mol. The van der Waals surface area contributed by atoms with E-state index >= 15 is 0 Å². The molecule has 0 fully saturated rings. The molecule has 3 N–H and O–H groups in total. The number of carbonyl (C=O) groups is 1. The van der Waals surface area contributed by atoms with Gasteiger partial charge < -0.3 is 10.6 Å². The molecule has 0 unspecified atom stereocenters. The number of pyridine rings is 1. The highest BCUT2D eigenvalue weighted by Gasteiger charge is 2.09. The highest BCUT2D eigenvalue weighted by atomic mass is 16.1. The molecule has 20 heavy (non-hydrogen) atoms. The Morgan fingerprint density at radius 2 is 2.25 bits per heavy atom. The Labute approximate surface area is 117 Å². The van der Waals surface area contributed by atoms with Crippen LogP contribution in [0.4, 0.5) is 5.82 Å². The molecule has 2 aromatic heterocycles. The number of nitrogens with one attached hydrogen (secondary N) is 3. The third-order valence-corrected chi connectivity index (χ3v) is 2.87. The Morgan fingerprint density at radius 1 is 1.40 bits per heavy atom. The SMILES string of the molecule is CCc1cc(C(=O)NCCc2ncn[nH]2)cc(NC)n1. The van der Waals surface area contributed by atoms with Crippen molar-refractivity contribution in [2.24, 2.45) is 0 Å². The Balaban J connectivity index is 1.97. The number of hydrogen-bond donors (Lipinski definition) is 3. The fourth-order valence-corrected chi connectivity index (χ4v) is 1.78. The zero-order chi connectivity index (χ0) is 14.4. The smallest absolute Gasteiger partial charge is 0.251 e. The van der Waals surface area contributed by atoms with Gasteiger partial charge in [-0.2, -0.15) is 5.10 Å². The maximum atomic E-state index is 12.1. The number of amides is 1. The van der Waals surface area contributed by atoms with Crippen LogP contribution in [0.5, 0.6) is 0 Å². The Bertz CT molecular complexity index is 544. The molecule has 0 aliphatic rings. The van der Waals surface area contributed by atoms with Gasteiger partial charge >= 0.3 is 0 Å². The zero-order valence-electron chi connectivity index (χ0n) is 11.6. The van der Waals surface area contributed by atoms with Gasteiger partial charge in [0.15, 0.2) is 0 Å². The van der Waals surface area contributed by atoms with E-state index in [1.54, 1.807) is 13.1 Å². The van der Waals surface area contributed by atoms with Gasteiger partial charge in [-0.3, -0.25) is 9.89 Å². The fraction of sp³-hybridized carbons (Fsp3) is 0.385. The van der Waals surface area contributed by atoms with E-state index in [4.69, 9.17) is 0 Å². The summed E-state index contributed by atoms with van der Waals surface area (Å²) in [5.74, 6) is 1.34. The molecule has 7 heteroatoms. The first kappa shape index (κ1) is 14.0. The molecular formula is C13H18N6O. The highest BCUT2D eigenvalue weighted by molar-refractivity contribution is 5.95. The van der Waals surface area contributed by atoms with Gasteiger partial charge in [0.2, 0.25) is 0 Å². The molecule has 0 spiro atoms. The standard InChI is InChI=1S/C13H18N6O/c1-3-10-6-9(7-12(14-2)18-10)13(20)15-5-4-11-16-8-17-19-11/h6-8H,3-5H2,1-2H3,(H,14,18)(H,15,20)(H,16,17,19). The van der Waals surface area contributed by atoms with Gasteiger partial charge in [0.25, 0.3) is 5.91 Å². The third kappa shape index (κ3) is 3.53. The molecule has 106 valence electrons. The molecule has 0 saturated heterocycles. The van der Waals surface area contributed by atoms with Crippen molar-refractivity contribution >= 4 is 11.7 Å². The second kappa shape index (κ2) is 6.65. The molecule has 2 heterocycles. The summed E-state index contributed by atoms with van der Waals surface area (Å²) in [6.45, 7) is 2.51. The molecule has 0 saturated carbocycles. The maximum Gasteiger partial charge on any atom is 0.251 e. The van der Waals surface area contributed by atoms with Crippen molar-refractivity contribution in [3.05, 3.63) is 35.5 Å². The summed E-state index contributed by atoms with van der Waals surface area (Å²) in [5.41, 5.74) is 1.50. The van der Waals surface area contributed by atoms with Gasteiger partial charge in [0, 0.05) is 31.3 Å². The third-order valence-electron chi connectivity index (χ3n) is 2.87. The number of rotatable bonds is 6. The summed E-state index contributed by atoms with van der Waals surface area (Å²) in [6, 6.07) is 3.55. The molecule has 0 aliphatic heterocycles. The Morgan fingerprint density at radius 3 is 2.90 bits per heavy atom. The van der Waals surface area contributed by atoms with Crippen molar-refractivity contribution in [1.82, 2.24) is 25.5 Å². The second-order valence-corrected chi connectivity index (χ2v) is 4.27. The van der Waals surface area contributed by atoms with Crippen LogP contribution >= 0.6 is 0 Å². The van der Waals surface area contributed by atoms with Crippen molar-refractivity contribution in [2.75, 3.05) is 18.9 Å². The minimum absolute atomic E-state index is 0.113. The molecule has 1 amide bonds. The number of anilines is 1. The van der Waals surface area contributed by atoms with Crippen molar-refractivity contribution in [3.63, 3.8) is 0 Å². The summed E-state index contributed by atoms with van der Waals surface area (Å²) in [6.07, 6.45) is 2.86. The van der Waals surface area contributed by atoms with Gasteiger partial charge in [0.05, 0.1) is 0 Å². The molecule has 0 aliphatic carbocycles. The molecule has 2 rings (SSSR count). The summed E-state index contributed by atoms with van der Waals surface area (Å²) < 4.78 is 0. The second-order valence-electron chi connectivity index (χ2n) is 4.27. The summed E-state index contributed by atoms with van der Waals surface area (Å²) in [4.78, 5) is 20.5. The van der Waals surface area contributed by atoms with E-state index in [0.29, 0.717) is 24.3 Å². The number of H-pyrrole nitrogens is 1. The highest BCUT2D eigenvalue weighted by Crippen LogP contribution is 2.10. The number of hydrogen-bond acceptors (Lipinski definition) is 5. The summed E-state index contributed by atoms with van der Waals surface area (Å²) in [5, 5.41) is 12.3. The summed E-state index contributed by atoms with van der Waals surface area (Å²) >= 11 is 0. The molecule has 2 aromatic rings. The van der Waals surface area contributed by atoms with Crippen LogP contribution < -0.4 is 10.6 Å². The minimum atomic E-state index is -0.113. The number of aryl methyl sites for hydroxylation is 1. The van der Waals surface area contributed by atoms with Crippen LogP contribution in [0.1, 0.15) is 28.8 Å². The van der Waals surface area contributed by atoms with E-state index in [2.05, 4.69) is 30.8 Å². The van der Waals surface area contributed by atoms with E-state index in [1.807, 2.05) is 13.0 Å². The first-order valence-corrected chi connectivity index (χ1v) is 6.54. The normalized spacial score (nSPS) is 10.3. The predicted octanol–water partition coefficient (Wildman–Crippen LogP) is 0.776. The number of nitrogens with zero attached hydrogens (tertiary/aromatic N) is 3. The largest absolute Gasteiger partial charge is 0.373 e. The monoisotopic (exact) mass is 274 g/mol. The van der Waals surface area contributed by atoms with Crippen LogP contribution in [-0.4, -0.2) is 39.7 Å². The molecule has 0 radical (unpaired) electrons. The van der Waals surface area contributed by atoms with E-state index < -0.39 is 0 Å². The molecule has 7 nitrogen and oxygen atoms in total. The van der Waals surface area contributed by atoms with Crippen molar-refractivity contribution in [1.29, 1.82) is 0 Å². The van der Waals surface area contributed by atoms with Crippen LogP contribution in [0.15, 0.2) is 18.5 Å². The quantitative estimate of drug-likeness (QED) is 0.723. The van der Waals surface area contributed by atoms with E-state index in [-0.39, 0.29) is 5.91 Å². The first-order chi connectivity index (χ1) is 9.72. The molecule has 0 aromatic carbocycles. The first-order valence-electron chi connectivity index (χ1n) is 6.54. The lowest BCUT2D eigenvalue weighted by Crippen LogP contribution is -2.26.